The first-order chi connectivity index (χ1) is 11.8. The van der Waals surface area contributed by atoms with Gasteiger partial charge in [0, 0.05) is 19.6 Å². The van der Waals surface area contributed by atoms with E-state index >= 15 is 0 Å². The van der Waals surface area contributed by atoms with Crippen molar-refractivity contribution in [2.45, 2.75) is 38.6 Å². The molecule has 1 fully saturated rings. The molecule has 1 saturated heterocycles. The summed E-state index contributed by atoms with van der Waals surface area (Å²) in [5.74, 6) is -0.283. The molecular weight excluding hydrogens is 300 g/mol. The van der Waals surface area contributed by atoms with Crippen LogP contribution in [0.25, 0.3) is 0 Å². The highest BCUT2D eigenvalue weighted by Gasteiger charge is 2.36. The fraction of sp³-hybridized carbons (Fsp3) is 0.500. The van der Waals surface area contributed by atoms with Gasteiger partial charge in [-0.2, -0.15) is 0 Å². The molecule has 0 radical (unpaired) electrons. The maximum atomic E-state index is 12.9. The van der Waals surface area contributed by atoms with Crippen LogP contribution in [-0.2, 0) is 16.1 Å². The van der Waals surface area contributed by atoms with Crippen molar-refractivity contribution >= 4 is 11.8 Å². The Balaban J connectivity index is 1.62. The first-order valence-electron chi connectivity index (χ1n) is 9.01. The summed E-state index contributed by atoms with van der Waals surface area (Å²) in [6.45, 7) is 2.21. The van der Waals surface area contributed by atoms with Crippen LogP contribution in [0.1, 0.15) is 37.7 Å². The molecule has 0 bridgehead atoms. The van der Waals surface area contributed by atoms with Gasteiger partial charge in [-0.25, -0.2) is 0 Å². The first kappa shape index (κ1) is 16.7. The number of piperidine rings is 1. The van der Waals surface area contributed by atoms with E-state index in [1.54, 1.807) is 0 Å². The zero-order valence-electron chi connectivity index (χ0n) is 14.1. The maximum absolute atomic E-state index is 12.9. The van der Waals surface area contributed by atoms with E-state index in [1.165, 1.54) is 6.42 Å². The van der Waals surface area contributed by atoms with Gasteiger partial charge in [0.1, 0.15) is 0 Å². The van der Waals surface area contributed by atoms with E-state index in [-0.39, 0.29) is 23.7 Å². The van der Waals surface area contributed by atoms with Crippen LogP contribution in [0.2, 0.25) is 0 Å². The predicted molar refractivity (Wildman–Crippen MR) is 94.1 cm³/mol. The molecule has 0 saturated carbocycles. The van der Waals surface area contributed by atoms with Crippen molar-refractivity contribution in [3.8, 4) is 0 Å². The Morgan fingerprint density at radius 3 is 2.33 bits per heavy atom. The second kappa shape index (κ2) is 8.13. The molecule has 1 aromatic rings. The highest BCUT2D eigenvalue weighted by atomic mass is 16.2. The fourth-order valence-corrected chi connectivity index (χ4v) is 3.64. The Hall–Kier alpha value is -2.10. The third-order valence-corrected chi connectivity index (χ3v) is 5.06. The highest BCUT2D eigenvalue weighted by Crippen LogP contribution is 2.29. The number of carbonyl (C=O) groups excluding carboxylic acids is 2. The van der Waals surface area contributed by atoms with Crippen molar-refractivity contribution in [2.24, 2.45) is 11.8 Å². The van der Waals surface area contributed by atoms with Gasteiger partial charge in [-0.3, -0.25) is 9.59 Å². The summed E-state index contributed by atoms with van der Waals surface area (Å²) in [4.78, 5) is 27.5. The van der Waals surface area contributed by atoms with Gasteiger partial charge in [-0.1, -0.05) is 42.5 Å². The van der Waals surface area contributed by atoms with Crippen molar-refractivity contribution in [1.82, 2.24) is 10.2 Å². The van der Waals surface area contributed by atoms with E-state index in [9.17, 15) is 9.59 Å². The number of nitrogens with one attached hydrogen (secondary N) is 1. The normalized spacial score (nSPS) is 23.8. The monoisotopic (exact) mass is 326 g/mol. The number of likely N-dealkylation sites (tertiary alicyclic amines) is 1. The fourth-order valence-electron chi connectivity index (χ4n) is 3.64. The molecule has 24 heavy (non-hydrogen) atoms. The van der Waals surface area contributed by atoms with Gasteiger partial charge in [0.25, 0.3) is 0 Å². The quantitative estimate of drug-likeness (QED) is 0.865. The van der Waals surface area contributed by atoms with Gasteiger partial charge in [0.15, 0.2) is 0 Å². The summed E-state index contributed by atoms with van der Waals surface area (Å²) in [6.07, 6.45) is 8.79. The molecule has 1 aliphatic heterocycles. The van der Waals surface area contributed by atoms with Gasteiger partial charge in [-0.15, -0.1) is 0 Å². The molecule has 0 spiro atoms. The van der Waals surface area contributed by atoms with Gasteiger partial charge >= 0.3 is 0 Å². The zero-order valence-corrected chi connectivity index (χ0v) is 14.1. The highest BCUT2D eigenvalue weighted by molar-refractivity contribution is 5.88. The summed E-state index contributed by atoms with van der Waals surface area (Å²) >= 11 is 0. The molecule has 1 N–H and O–H groups in total. The summed E-state index contributed by atoms with van der Waals surface area (Å²) in [6, 6.07) is 9.89. The van der Waals surface area contributed by atoms with Gasteiger partial charge in [-0.05, 0) is 37.7 Å². The van der Waals surface area contributed by atoms with Gasteiger partial charge in [0.2, 0.25) is 11.8 Å². The summed E-state index contributed by atoms with van der Waals surface area (Å²) < 4.78 is 0. The minimum absolute atomic E-state index is 0.00133. The second-order valence-corrected chi connectivity index (χ2v) is 6.75. The smallest absolute Gasteiger partial charge is 0.226 e. The molecule has 1 aromatic carbocycles. The molecule has 4 nitrogen and oxygen atoms in total. The predicted octanol–water partition coefficient (Wildman–Crippen LogP) is 2.90. The van der Waals surface area contributed by atoms with Gasteiger partial charge < -0.3 is 10.2 Å². The van der Waals surface area contributed by atoms with Crippen molar-refractivity contribution in [3.63, 3.8) is 0 Å². The molecular formula is C20H26N2O2. The SMILES string of the molecule is O=C(NCc1ccccc1)[C@@H]1CC=CC[C@H]1C(=O)N1CCCCC1. The van der Waals surface area contributed by atoms with Crippen molar-refractivity contribution in [1.29, 1.82) is 0 Å². The summed E-state index contributed by atoms with van der Waals surface area (Å²) in [5, 5.41) is 3.01. The van der Waals surface area contributed by atoms with E-state index in [4.69, 9.17) is 0 Å². The largest absolute Gasteiger partial charge is 0.352 e. The summed E-state index contributed by atoms with van der Waals surface area (Å²) in [5.41, 5.74) is 1.08. The molecule has 0 unspecified atom stereocenters. The lowest BCUT2D eigenvalue weighted by Gasteiger charge is -2.34. The van der Waals surface area contributed by atoms with E-state index in [2.05, 4.69) is 5.32 Å². The van der Waals surface area contributed by atoms with E-state index < -0.39 is 0 Å². The van der Waals surface area contributed by atoms with Crippen LogP contribution in [0.15, 0.2) is 42.5 Å². The number of hydrogen-bond acceptors (Lipinski definition) is 2. The Morgan fingerprint density at radius 1 is 0.958 bits per heavy atom. The molecule has 1 heterocycles. The third kappa shape index (κ3) is 4.05. The average molecular weight is 326 g/mol. The van der Waals surface area contributed by atoms with Crippen LogP contribution in [0, 0.1) is 11.8 Å². The van der Waals surface area contributed by atoms with Crippen LogP contribution in [0.5, 0.6) is 0 Å². The number of allylic oxidation sites excluding steroid dienone is 2. The molecule has 128 valence electrons. The molecule has 1 aliphatic carbocycles. The molecule has 4 heteroatoms. The van der Waals surface area contributed by atoms with Crippen molar-refractivity contribution in [3.05, 3.63) is 48.0 Å². The summed E-state index contributed by atoms with van der Waals surface area (Å²) in [7, 11) is 0. The lowest BCUT2D eigenvalue weighted by Crippen LogP contribution is -2.46. The van der Waals surface area contributed by atoms with E-state index in [0.29, 0.717) is 19.4 Å². The number of benzene rings is 1. The molecule has 3 rings (SSSR count). The van der Waals surface area contributed by atoms with Crippen LogP contribution >= 0.6 is 0 Å². The topological polar surface area (TPSA) is 49.4 Å². The number of rotatable bonds is 4. The molecule has 2 amide bonds. The van der Waals surface area contributed by atoms with Crippen LogP contribution in [0.3, 0.4) is 0 Å². The second-order valence-electron chi connectivity index (χ2n) is 6.75. The number of hydrogen-bond donors (Lipinski definition) is 1. The lowest BCUT2D eigenvalue weighted by molar-refractivity contribution is -0.142. The average Bonchev–Trinajstić information content (AvgIpc) is 2.67. The minimum atomic E-state index is -0.242. The standard InChI is InChI=1S/C20H26N2O2/c23-19(21-15-16-9-3-1-4-10-16)17-11-5-6-12-18(17)20(24)22-13-7-2-8-14-22/h1,3-6,9-10,17-18H,2,7-8,11-15H2,(H,21,23)/t17-,18-/m1/s1. The van der Waals surface area contributed by atoms with Gasteiger partial charge in [0.05, 0.1) is 11.8 Å². The van der Waals surface area contributed by atoms with Crippen LogP contribution < -0.4 is 5.32 Å². The van der Waals surface area contributed by atoms with Crippen molar-refractivity contribution < 1.29 is 9.59 Å². The molecule has 2 atom stereocenters. The Morgan fingerprint density at radius 2 is 1.62 bits per heavy atom. The van der Waals surface area contributed by atoms with Crippen LogP contribution in [0.4, 0.5) is 0 Å². The third-order valence-electron chi connectivity index (χ3n) is 5.06. The van der Waals surface area contributed by atoms with Crippen LogP contribution in [-0.4, -0.2) is 29.8 Å². The Labute approximate surface area is 143 Å². The lowest BCUT2D eigenvalue weighted by atomic mass is 9.81. The zero-order chi connectivity index (χ0) is 16.8. The van der Waals surface area contributed by atoms with E-state index in [0.717, 1.165) is 31.5 Å². The van der Waals surface area contributed by atoms with E-state index in [1.807, 2.05) is 47.4 Å². The van der Waals surface area contributed by atoms with Crippen molar-refractivity contribution in [2.75, 3.05) is 13.1 Å². The minimum Gasteiger partial charge on any atom is -0.352 e. The maximum Gasteiger partial charge on any atom is 0.226 e. The first-order valence-corrected chi connectivity index (χ1v) is 9.01. The molecule has 0 aromatic heterocycles. The number of carbonyl (C=O) groups is 2. The number of amides is 2. The Kier molecular flexibility index (Phi) is 5.68. The number of nitrogens with zero attached hydrogens (tertiary/aromatic N) is 1. The molecule has 2 aliphatic rings. The Bertz CT molecular complexity index is 591.